The standard InChI is InChI=1S/C19H15ClN2O2S/c1-12-2-4-13(5-3-12)6-11-16-17(23)21-19(25)22(18(16)24)15-9-7-14(20)8-10-15/h2-5,7-11H,6H2,1H3,(H,21,23,25)/b16-11+. The molecule has 25 heavy (non-hydrogen) atoms. The van der Waals surface area contributed by atoms with Crippen molar-refractivity contribution >= 4 is 46.4 Å². The van der Waals surface area contributed by atoms with E-state index < -0.39 is 11.8 Å². The van der Waals surface area contributed by atoms with E-state index in [1.807, 2.05) is 31.2 Å². The van der Waals surface area contributed by atoms with E-state index in [0.717, 1.165) is 11.1 Å². The summed E-state index contributed by atoms with van der Waals surface area (Å²) in [5.41, 5.74) is 2.80. The fourth-order valence-electron chi connectivity index (χ4n) is 2.48. The van der Waals surface area contributed by atoms with Crippen LogP contribution in [0.3, 0.4) is 0 Å². The number of nitrogens with zero attached hydrogens (tertiary/aromatic N) is 1. The molecule has 0 radical (unpaired) electrons. The summed E-state index contributed by atoms with van der Waals surface area (Å²) in [7, 11) is 0. The van der Waals surface area contributed by atoms with Crippen LogP contribution in [0.25, 0.3) is 0 Å². The molecule has 4 nitrogen and oxygen atoms in total. The van der Waals surface area contributed by atoms with Crippen molar-refractivity contribution in [2.75, 3.05) is 4.90 Å². The Hall–Kier alpha value is -2.50. The van der Waals surface area contributed by atoms with E-state index >= 15 is 0 Å². The zero-order chi connectivity index (χ0) is 18.0. The topological polar surface area (TPSA) is 49.4 Å². The first-order chi connectivity index (χ1) is 12.0. The number of benzene rings is 2. The van der Waals surface area contributed by atoms with Gasteiger partial charge in [0, 0.05) is 5.02 Å². The minimum absolute atomic E-state index is 0.0600. The first-order valence-corrected chi connectivity index (χ1v) is 8.45. The third-order valence-corrected chi connectivity index (χ3v) is 4.39. The molecule has 0 spiro atoms. The van der Waals surface area contributed by atoms with Crippen molar-refractivity contribution in [3.05, 3.63) is 76.3 Å². The summed E-state index contributed by atoms with van der Waals surface area (Å²) in [5, 5.41) is 3.18. The summed E-state index contributed by atoms with van der Waals surface area (Å²) in [4.78, 5) is 26.3. The highest BCUT2D eigenvalue weighted by molar-refractivity contribution is 7.80. The van der Waals surface area contributed by atoms with Gasteiger partial charge in [0.2, 0.25) is 0 Å². The number of carbonyl (C=O) groups excluding carboxylic acids is 2. The van der Waals surface area contributed by atoms with Gasteiger partial charge in [0.15, 0.2) is 5.11 Å². The number of nitrogens with one attached hydrogen (secondary N) is 1. The highest BCUT2D eigenvalue weighted by Gasteiger charge is 2.34. The maximum Gasteiger partial charge on any atom is 0.269 e. The maximum atomic E-state index is 12.8. The number of carbonyl (C=O) groups is 2. The lowest BCUT2D eigenvalue weighted by Crippen LogP contribution is -2.54. The second-order valence-electron chi connectivity index (χ2n) is 5.68. The minimum Gasteiger partial charge on any atom is -0.298 e. The molecule has 1 aliphatic rings. The highest BCUT2D eigenvalue weighted by Crippen LogP contribution is 2.23. The van der Waals surface area contributed by atoms with Crippen LogP contribution in [0.1, 0.15) is 11.1 Å². The first-order valence-electron chi connectivity index (χ1n) is 7.67. The molecule has 1 N–H and O–H groups in total. The van der Waals surface area contributed by atoms with Crippen LogP contribution in [0, 0.1) is 6.92 Å². The van der Waals surface area contributed by atoms with Crippen molar-refractivity contribution in [3.8, 4) is 0 Å². The summed E-state index contributed by atoms with van der Waals surface area (Å²) in [5.74, 6) is -0.921. The highest BCUT2D eigenvalue weighted by atomic mass is 35.5. The van der Waals surface area contributed by atoms with Crippen molar-refractivity contribution < 1.29 is 9.59 Å². The summed E-state index contributed by atoms with van der Waals surface area (Å²) in [6.45, 7) is 2.01. The van der Waals surface area contributed by atoms with Gasteiger partial charge in [-0.15, -0.1) is 0 Å². The molecule has 0 aliphatic carbocycles. The molecule has 3 rings (SSSR count). The zero-order valence-electron chi connectivity index (χ0n) is 13.5. The fraction of sp³-hybridized carbons (Fsp3) is 0.105. The monoisotopic (exact) mass is 370 g/mol. The Morgan fingerprint density at radius 3 is 2.36 bits per heavy atom. The van der Waals surface area contributed by atoms with Crippen LogP contribution in [0.2, 0.25) is 5.02 Å². The molecule has 0 saturated carbocycles. The molecule has 6 heteroatoms. The van der Waals surface area contributed by atoms with Crippen molar-refractivity contribution in [1.82, 2.24) is 5.32 Å². The number of anilines is 1. The lowest BCUT2D eigenvalue weighted by molar-refractivity contribution is -0.122. The second-order valence-corrected chi connectivity index (χ2v) is 6.51. The number of allylic oxidation sites excluding steroid dienone is 1. The predicted octanol–water partition coefficient (Wildman–Crippen LogP) is 3.57. The molecule has 1 saturated heterocycles. The van der Waals surface area contributed by atoms with E-state index in [9.17, 15) is 9.59 Å². The molecule has 1 aliphatic heterocycles. The number of aryl methyl sites for hydroxylation is 1. The predicted molar refractivity (Wildman–Crippen MR) is 103 cm³/mol. The van der Waals surface area contributed by atoms with Crippen LogP contribution in [0.5, 0.6) is 0 Å². The van der Waals surface area contributed by atoms with Gasteiger partial charge in [-0.25, -0.2) is 0 Å². The van der Waals surface area contributed by atoms with Gasteiger partial charge in [-0.05, 0) is 55.4 Å². The average molecular weight is 371 g/mol. The van der Waals surface area contributed by atoms with Gasteiger partial charge in [0.05, 0.1) is 5.69 Å². The SMILES string of the molecule is Cc1ccc(C/C=C2\C(=O)NC(=S)N(c3ccc(Cl)cc3)C2=O)cc1. The Morgan fingerprint density at radius 2 is 1.72 bits per heavy atom. The minimum atomic E-state index is -0.479. The van der Waals surface area contributed by atoms with Crippen molar-refractivity contribution in [3.63, 3.8) is 0 Å². The van der Waals surface area contributed by atoms with Crippen molar-refractivity contribution in [2.24, 2.45) is 0 Å². The van der Waals surface area contributed by atoms with E-state index in [-0.39, 0.29) is 10.7 Å². The van der Waals surface area contributed by atoms with Gasteiger partial charge < -0.3 is 0 Å². The molecule has 0 atom stereocenters. The molecule has 2 amide bonds. The van der Waals surface area contributed by atoms with E-state index in [2.05, 4.69) is 5.32 Å². The molecule has 1 fully saturated rings. The molecule has 0 aromatic heterocycles. The Balaban J connectivity index is 1.88. The molecule has 1 heterocycles. The Kier molecular flexibility index (Phi) is 4.97. The zero-order valence-corrected chi connectivity index (χ0v) is 15.0. The number of rotatable bonds is 3. The normalized spacial score (nSPS) is 16.3. The van der Waals surface area contributed by atoms with Gasteiger partial charge in [0.1, 0.15) is 5.57 Å². The van der Waals surface area contributed by atoms with E-state index in [1.54, 1.807) is 30.3 Å². The number of hydrogen-bond donors (Lipinski definition) is 1. The number of hydrogen-bond acceptors (Lipinski definition) is 3. The third-order valence-electron chi connectivity index (χ3n) is 3.85. The molecule has 2 aromatic rings. The second kappa shape index (κ2) is 7.17. The van der Waals surface area contributed by atoms with Crippen molar-refractivity contribution in [1.29, 1.82) is 0 Å². The van der Waals surface area contributed by atoms with Gasteiger partial charge in [0.25, 0.3) is 11.8 Å². The van der Waals surface area contributed by atoms with Crippen LogP contribution < -0.4 is 10.2 Å². The molecular weight excluding hydrogens is 356 g/mol. The Bertz CT molecular complexity index is 873. The van der Waals surface area contributed by atoms with Gasteiger partial charge in [-0.3, -0.25) is 19.8 Å². The molecule has 2 aromatic carbocycles. The lowest BCUT2D eigenvalue weighted by atomic mass is 10.1. The quantitative estimate of drug-likeness (QED) is 0.510. The molecule has 126 valence electrons. The Morgan fingerprint density at radius 1 is 1.08 bits per heavy atom. The van der Waals surface area contributed by atoms with Crippen LogP contribution in [-0.2, 0) is 16.0 Å². The van der Waals surface area contributed by atoms with E-state index in [4.69, 9.17) is 23.8 Å². The number of halogens is 1. The van der Waals surface area contributed by atoms with Gasteiger partial charge in [-0.1, -0.05) is 47.5 Å². The molecule has 0 unspecified atom stereocenters. The first kappa shape index (κ1) is 17.3. The average Bonchev–Trinajstić information content (AvgIpc) is 2.57. The third kappa shape index (κ3) is 3.78. The van der Waals surface area contributed by atoms with Crippen molar-refractivity contribution in [2.45, 2.75) is 13.3 Å². The Labute approximate surface area is 156 Å². The van der Waals surface area contributed by atoms with Crippen LogP contribution in [0.4, 0.5) is 5.69 Å². The summed E-state index contributed by atoms with van der Waals surface area (Å²) in [6, 6.07) is 14.6. The molecular formula is C19H15ClN2O2S. The summed E-state index contributed by atoms with van der Waals surface area (Å²) >= 11 is 11.0. The lowest BCUT2D eigenvalue weighted by Gasteiger charge is -2.29. The van der Waals surface area contributed by atoms with Gasteiger partial charge >= 0.3 is 0 Å². The molecule has 0 bridgehead atoms. The largest absolute Gasteiger partial charge is 0.298 e. The fourth-order valence-corrected chi connectivity index (χ4v) is 2.89. The van der Waals surface area contributed by atoms with E-state index in [0.29, 0.717) is 17.1 Å². The van der Waals surface area contributed by atoms with Crippen LogP contribution >= 0.6 is 23.8 Å². The number of thiocarbonyl (C=S) groups is 1. The van der Waals surface area contributed by atoms with Crippen LogP contribution in [-0.4, -0.2) is 16.9 Å². The van der Waals surface area contributed by atoms with Gasteiger partial charge in [-0.2, -0.15) is 0 Å². The van der Waals surface area contributed by atoms with Crippen LogP contribution in [0.15, 0.2) is 60.2 Å². The summed E-state index contributed by atoms with van der Waals surface area (Å²) < 4.78 is 0. The summed E-state index contributed by atoms with van der Waals surface area (Å²) in [6.07, 6.45) is 2.11. The van der Waals surface area contributed by atoms with E-state index in [1.165, 1.54) is 4.90 Å². The number of amides is 2. The maximum absolute atomic E-state index is 12.8. The smallest absolute Gasteiger partial charge is 0.269 e.